The lowest BCUT2D eigenvalue weighted by Crippen LogP contribution is -2.12. The van der Waals surface area contributed by atoms with Gasteiger partial charge < -0.3 is 14.6 Å². The van der Waals surface area contributed by atoms with Crippen molar-refractivity contribution in [1.29, 1.82) is 0 Å². The summed E-state index contributed by atoms with van der Waals surface area (Å²) in [5.41, 5.74) is 0.362. The second kappa shape index (κ2) is 5.11. The van der Waals surface area contributed by atoms with E-state index in [-0.39, 0.29) is 5.75 Å². The van der Waals surface area contributed by atoms with Crippen LogP contribution in [0.1, 0.15) is 10.4 Å². The Morgan fingerprint density at radius 2 is 1.87 bits per heavy atom. The number of ether oxygens (including phenoxy) is 2. The number of rotatable bonds is 3. The molecule has 80 valence electrons. The molecule has 0 aromatic heterocycles. The topological polar surface area (TPSA) is 72.8 Å². The van der Waals surface area contributed by atoms with E-state index in [0.29, 0.717) is 5.56 Å². The van der Waals surface area contributed by atoms with Gasteiger partial charge in [0.15, 0.2) is 0 Å². The first-order chi connectivity index (χ1) is 7.17. The lowest BCUT2D eigenvalue weighted by molar-refractivity contribution is -0.137. The quantitative estimate of drug-likeness (QED) is 0.576. The molecule has 0 bridgehead atoms. The Labute approximate surface area is 86.2 Å². The van der Waals surface area contributed by atoms with Crippen LogP contribution in [0, 0.1) is 0 Å². The predicted molar refractivity (Wildman–Crippen MR) is 50.5 cm³/mol. The van der Waals surface area contributed by atoms with Gasteiger partial charge >= 0.3 is 11.9 Å². The molecule has 1 N–H and O–H groups in total. The van der Waals surface area contributed by atoms with Gasteiger partial charge in [-0.05, 0) is 24.3 Å². The Hall–Kier alpha value is -1.88. The van der Waals surface area contributed by atoms with E-state index in [9.17, 15) is 9.59 Å². The highest BCUT2D eigenvalue weighted by Crippen LogP contribution is 2.12. The summed E-state index contributed by atoms with van der Waals surface area (Å²) in [6, 6.07) is 5.82. The van der Waals surface area contributed by atoms with E-state index < -0.39 is 18.5 Å². The molecule has 0 spiro atoms. The molecule has 0 radical (unpaired) electrons. The molecule has 0 amide bonds. The fourth-order valence-electron chi connectivity index (χ4n) is 0.941. The molecule has 0 saturated heterocycles. The van der Waals surface area contributed by atoms with Crippen LogP contribution in [0.4, 0.5) is 0 Å². The van der Waals surface area contributed by atoms with Crippen LogP contribution in [-0.2, 0) is 9.53 Å². The number of carbonyl (C=O) groups is 2. The van der Waals surface area contributed by atoms with E-state index in [4.69, 9.17) is 9.84 Å². The second-order valence-corrected chi connectivity index (χ2v) is 2.65. The molecule has 0 unspecified atom stereocenters. The van der Waals surface area contributed by atoms with Gasteiger partial charge in [-0.25, -0.2) is 9.59 Å². The van der Waals surface area contributed by atoms with Crippen molar-refractivity contribution in [3.63, 3.8) is 0 Å². The maximum absolute atomic E-state index is 11.0. The number of esters is 2. The summed E-state index contributed by atoms with van der Waals surface area (Å²) < 4.78 is 9.18. The SMILES string of the molecule is COC(=O)c1ccc(OC(=O)CO)cc1. The zero-order chi connectivity index (χ0) is 11.3. The van der Waals surface area contributed by atoms with E-state index in [0.717, 1.165) is 0 Å². The third kappa shape index (κ3) is 3.07. The molecule has 1 rings (SSSR count). The van der Waals surface area contributed by atoms with Gasteiger partial charge in [0.2, 0.25) is 0 Å². The van der Waals surface area contributed by atoms with E-state index in [1.807, 2.05) is 0 Å². The molecular weight excluding hydrogens is 200 g/mol. The first-order valence-electron chi connectivity index (χ1n) is 4.17. The number of aliphatic hydroxyl groups is 1. The van der Waals surface area contributed by atoms with Crippen molar-refractivity contribution in [1.82, 2.24) is 0 Å². The van der Waals surface area contributed by atoms with Crippen molar-refractivity contribution >= 4 is 11.9 Å². The van der Waals surface area contributed by atoms with Crippen LogP contribution in [0.3, 0.4) is 0 Å². The standard InChI is InChI=1S/C10H10O5/c1-14-10(13)7-2-4-8(5-3-7)15-9(12)6-11/h2-5,11H,6H2,1H3. The fourth-order valence-corrected chi connectivity index (χ4v) is 0.941. The molecule has 1 aromatic rings. The highest BCUT2D eigenvalue weighted by molar-refractivity contribution is 5.89. The molecular formula is C10H10O5. The minimum absolute atomic E-state index is 0.265. The van der Waals surface area contributed by atoms with Crippen LogP contribution in [0.5, 0.6) is 5.75 Å². The Morgan fingerprint density at radius 3 is 2.33 bits per heavy atom. The van der Waals surface area contributed by atoms with Crippen molar-refractivity contribution < 1.29 is 24.2 Å². The highest BCUT2D eigenvalue weighted by Gasteiger charge is 2.06. The first-order valence-corrected chi connectivity index (χ1v) is 4.17. The zero-order valence-corrected chi connectivity index (χ0v) is 8.10. The molecule has 0 atom stereocenters. The molecule has 0 saturated carbocycles. The Morgan fingerprint density at radius 1 is 1.27 bits per heavy atom. The molecule has 1 aromatic carbocycles. The third-order valence-corrected chi connectivity index (χ3v) is 1.64. The largest absolute Gasteiger partial charge is 0.465 e. The molecule has 0 heterocycles. The van der Waals surface area contributed by atoms with Crippen LogP contribution in [0.2, 0.25) is 0 Å². The number of hydrogen-bond acceptors (Lipinski definition) is 5. The van der Waals surface area contributed by atoms with E-state index in [2.05, 4.69) is 4.74 Å². The number of aliphatic hydroxyl groups excluding tert-OH is 1. The zero-order valence-electron chi connectivity index (χ0n) is 8.10. The Kier molecular flexibility index (Phi) is 3.82. The maximum atomic E-state index is 11.0. The first kappa shape index (κ1) is 11.2. The van der Waals surface area contributed by atoms with Gasteiger partial charge in [0, 0.05) is 0 Å². The van der Waals surface area contributed by atoms with Crippen molar-refractivity contribution in [2.24, 2.45) is 0 Å². The van der Waals surface area contributed by atoms with Gasteiger partial charge in [-0.15, -0.1) is 0 Å². The van der Waals surface area contributed by atoms with Gasteiger partial charge in [0.05, 0.1) is 12.7 Å². The lowest BCUT2D eigenvalue weighted by Gasteiger charge is -2.03. The van der Waals surface area contributed by atoms with Gasteiger partial charge in [0.25, 0.3) is 0 Å². The molecule has 5 nitrogen and oxygen atoms in total. The Balaban J connectivity index is 2.72. The molecule has 0 aliphatic heterocycles. The molecule has 0 fully saturated rings. The van der Waals surface area contributed by atoms with Gasteiger partial charge in [-0.1, -0.05) is 0 Å². The molecule has 15 heavy (non-hydrogen) atoms. The summed E-state index contributed by atoms with van der Waals surface area (Å²) in [4.78, 5) is 21.7. The third-order valence-electron chi connectivity index (χ3n) is 1.64. The van der Waals surface area contributed by atoms with Crippen LogP contribution in [0.25, 0.3) is 0 Å². The highest BCUT2D eigenvalue weighted by atomic mass is 16.5. The summed E-state index contributed by atoms with van der Waals surface area (Å²) in [6.07, 6.45) is 0. The van der Waals surface area contributed by atoms with Crippen molar-refractivity contribution in [2.75, 3.05) is 13.7 Å². The van der Waals surface area contributed by atoms with Crippen molar-refractivity contribution in [3.8, 4) is 5.75 Å². The lowest BCUT2D eigenvalue weighted by atomic mass is 10.2. The molecule has 0 aliphatic carbocycles. The number of carbonyl (C=O) groups excluding carboxylic acids is 2. The summed E-state index contributed by atoms with van der Waals surface area (Å²) in [6.45, 7) is -0.682. The van der Waals surface area contributed by atoms with E-state index >= 15 is 0 Å². The Bertz CT molecular complexity index is 355. The maximum Gasteiger partial charge on any atom is 0.337 e. The average molecular weight is 210 g/mol. The smallest absolute Gasteiger partial charge is 0.337 e. The van der Waals surface area contributed by atoms with Gasteiger partial charge in [0.1, 0.15) is 12.4 Å². The summed E-state index contributed by atoms with van der Waals surface area (Å²) in [7, 11) is 1.28. The van der Waals surface area contributed by atoms with Crippen LogP contribution < -0.4 is 4.74 Å². The summed E-state index contributed by atoms with van der Waals surface area (Å²) in [5, 5.41) is 8.43. The summed E-state index contributed by atoms with van der Waals surface area (Å²) >= 11 is 0. The van der Waals surface area contributed by atoms with Crippen molar-refractivity contribution in [3.05, 3.63) is 29.8 Å². The van der Waals surface area contributed by atoms with Crippen LogP contribution in [-0.4, -0.2) is 30.8 Å². The monoisotopic (exact) mass is 210 g/mol. The molecule has 5 heteroatoms. The van der Waals surface area contributed by atoms with Gasteiger partial charge in [-0.2, -0.15) is 0 Å². The predicted octanol–water partition coefficient (Wildman–Crippen LogP) is 0.371. The number of methoxy groups -OCH3 is 1. The second-order valence-electron chi connectivity index (χ2n) is 2.65. The van der Waals surface area contributed by atoms with Crippen molar-refractivity contribution in [2.45, 2.75) is 0 Å². The average Bonchev–Trinajstić information content (AvgIpc) is 2.29. The normalized spacial score (nSPS) is 9.47. The minimum atomic E-state index is -0.749. The van der Waals surface area contributed by atoms with Gasteiger partial charge in [-0.3, -0.25) is 0 Å². The van der Waals surface area contributed by atoms with Crippen LogP contribution >= 0.6 is 0 Å². The van der Waals surface area contributed by atoms with E-state index in [1.165, 1.54) is 31.4 Å². The van der Waals surface area contributed by atoms with E-state index in [1.54, 1.807) is 0 Å². The fraction of sp³-hybridized carbons (Fsp3) is 0.200. The molecule has 0 aliphatic rings. The van der Waals surface area contributed by atoms with Crippen LogP contribution in [0.15, 0.2) is 24.3 Å². The summed E-state index contributed by atoms with van der Waals surface area (Å²) in [5.74, 6) is -0.947. The minimum Gasteiger partial charge on any atom is -0.465 e. The number of benzene rings is 1. The number of hydrogen-bond donors (Lipinski definition) is 1.